The predicted molar refractivity (Wildman–Crippen MR) is 112 cm³/mol. The second-order valence-electron chi connectivity index (χ2n) is 7.28. The van der Waals surface area contributed by atoms with Crippen LogP contribution >= 0.6 is 12.2 Å². The Morgan fingerprint density at radius 1 is 1.07 bits per heavy atom. The third-order valence-electron chi connectivity index (χ3n) is 4.70. The maximum Gasteiger partial charge on any atom is 0.229 e. The predicted octanol–water partition coefficient (Wildman–Crippen LogP) is 2.66. The number of aliphatic imine (C=N–C) groups is 1. The van der Waals surface area contributed by atoms with Gasteiger partial charge in [-0.25, -0.2) is 15.0 Å². The van der Waals surface area contributed by atoms with Crippen molar-refractivity contribution in [3.63, 3.8) is 0 Å². The van der Waals surface area contributed by atoms with Crippen molar-refractivity contribution in [3.8, 4) is 0 Å². The number of benzene rings is 1. The first-order valence-electron chi connectivity index (χ1n) is 9.36. The molecule has 7 heteroatoms. The Hall–Kier alpha value is -2.54. The van der Waals surface area contributed by atoms with Gasteiger partial charge in [-0.1, -0.05) is 24.3 Å². The van der Waals surface area contributed by atoms with Crippen molar-refractivity contribution in [2.45, 2.75) is 51.6 Å². The maximum atomic E-state index is 5.44. The molecule has 1 aromatic carbocycles. The van der Waals surface area contributed by atoms with Gasteiger partial charge in [-0.2, -0.15) is 0 Å². The van der Waals surface area contributed by atoms with Crippen LogP contribution < -0.4 is 16.0 Å². The van der Waals surface area contributed by atoms with Crippen LogP contribution in [-0.2, 0) is 12.8 Å². The van der Waals surface area contributed by atoms with E-state index in [1.165, 1.54) is 24.0 Å². The summed E-state index contributed by atoms with van der Waals surface area (Å²) in [5, 5.41) is 10.3. The molecule has 140 valence electrons. The van der Waals surface area contributed by atoms with Crippen LogP contribution in [-0.4, -0.2) is 33.1 Å². The molecule has 0 aliphatic heterocycles. The lowest BCUT2D eigenvalue weighted by atomic mass is 10.1. The zero-order valence-corrected chi connectivity index (χ0v) is 16.4. The van der Waals surface area contributed by atoms with Gasteiger partial charge in [0, 0.05) is 17.4 Å². The Balaban J connectivity index is 1.52. The highest BCUT2D eigenvalue weighted by Crippen LogP contribution is 2.24. The number of aryl methyl sites for hydroxylation is 2. The number of anilines is 1. The molecule has 0 unspecified atom stereocenters. The molecule has 1 aromatic heterocycles. The summed E-state index contributed by atoms with van der Waals surface area (Å²) >= 11 is 5.44. The van der Waals surface area contributed by atoms with E-state index >= 15 is 0 Å². The van der Waals surface area contributed by atoms with Crippen molar-refractivity contribution < 1.29 is 0 Å². The number of fused-ring (bicyclic) bond motifs is 1. The number of nitrogens with zero attached hydrogens (tertiary/aromatic N) is 3. The summed E-state index contributed by atoms with van der Waals surface area (Å²) in [7, 11) is 0. The van der Waals surface area contributed by atoms with Gasteiger partial charge < -0.3 is 10.6 Å². The molecule has 0 radical (unpaired) electrons. The maximum absolute atomic E-state index is 5.44. The first-order chi connectivity index (χ1) is 13.0. The van der Waals surface area contributed by atoms with E-state index in [0.29, 0.717) is 23.1 Å². The normalized spacial score (nSPS) is 16.7. The zero-order chi connectivity index (χ0) is 18.8. The van der Waals surface area contributed by atoms with Gasteiger partial charge in [-0.15, -0.1) is 0 Å². The molecule has 3 N–H and O–H groups in total. The van der Waals surface area contributed by atoms with Gasteiger partial charge >= 0.3 is 0 Å². The average molecular weight is 381 g/mol. The number of aromatic nitrogens is 2. The van der Waals surface area contributed by atoms with Gasteiger partial charge in [-0.3, -0.25) is 5.32 Å². The van der Waals surface area contributed by atoms with Gasteiger partial charge in [-0.05, 0) is 68.9 Å². The monoisotopic (exact) mass is 380 g/mol. The minimum absolute atomic E-state index is 0.173. The SMILES string of the molecule is Cc1cc(C)nc(NC(=NC2Cc3ccccc3C2)NC(=S)NC2CC2)n1. The quantitative estimate of drug-likeness (QED) is 0.432. The Kier molecular flexibility index (Phi) is 5.03. The van der Waals surface area contributed by atoms with Gasteiger partial charge in [0.2, 0.25) is 11.9 Å². The first-order valence-corrected chi connectivity index (χ1v) is 9.77. The third-order valence-corrected chi connectivity index (χ3v) is 4.92. The Morgan fingerprint density at radius 2 is 1.70 bits per heavy atom. The number of thiocarbonyl (C=S) groups is 1. The van der Waals surface area contributed by atoms with Crippen molar-refractivity contribution >= 4 is 29.2 Å². The molecular weight excluding hydrogens is 356 g/mol. The molecule has 27 heavy (non-hydrogen) atoms. The van der Waals surface area contributed by atoms with E-state index in [1.54, 1.807) is 0 Å². The molecule has 2 aromatic rings. The van der Waals surface area contributed by atoms with E-state index in [1.807, 2.05) is 19.9 Å². The second-order valence-corrected chi connectivity index (χ2v) is 7.69. The van der Waals surface area contributed by atoms with Crippen LogP contribution in [0.3, 0.4) is 0 Å². The molecule has 4 rings (SSSR count). The van der Waals surface area contributed by atoms with E-state index in [-0.39, 0.29) is 6.04 Å². The minimum Gasteiger partial charge on any atom is -0.360 e. The summed E-state index contributed by atoms with van der Waals surface area (Å²) < 4.78 is 0. The van der Waals surface area contributed by atoms with Crippen molar-refractivity contribution in [1.82, 2.24) is 20.6 Å². The molecule has 1 saturated carbocycles. The summed E-state index contributed by atoms with van der Waals surface area (Å²) in [5.74, 6) is 1.12. The molecule has 0 amide bonds. The summed E-state index contributed by atoms with van der Waals surface area (Å²) in [4.78, 5) is 13.8. The van der Waals surface area contributed by atoms with E-state index in [9.17, 15) is 0 Å². The van der Waals surface area contributed by atoms with Crippen molar-refractivity contribution in [3.05, 3.63) is 52.8 Å². The first kappa shape index (κ1) is 17.9. The Labute approximate surface area is 164 Å². The molecule has 0 spiro atoms. The van der Waals surface area contributed by atoms with Crippen LogP contribution in [0, 0.1) is 13.8 Å². The lowest BCUT2D eigenvalue weighted by molar-refractivity contribution is 0.719. The molecular formula is C20H24N6S. The van der Waals surface area contributed by atoms with Crippen LogP contribution in [0.4, 0.5) is 5.95 Å². The van der Waals surface area contributed by atoms with E-state index in [0.717, 1.165) is 24.2 Å². The Morgan fingerprint density at radius 3 is 2.30 bits per heavy atom. The standard InChI is InChI=1S/C20H24N6S/c1-12-9-13(2)22-18(21-12)25-19(26-20(27)24-16-7-8-16)23-17-10-14-5-3-4-6-15(14)11-17/h3-6,9,16-17H,7-8,10-11H2,1-2H3,(H3,21,22,23,24,25,26,27). The fourth-order valence-corrected chi connectivity index (χ4v) is 3.61. The van der Waals surface area contributed by atoms with Crippen molar-refractivity contribution in [1.29, 1.82) is 0 Å². The molecule has 0 atom stereocenters. The highest BCUT2D eigenvalue weighted by atomic mass is 32.1. The number of hydrogen-bond acceptors (Lipinski definition) is 4. The van der Waals surface area contributed by atoms with Gasteiger partial charge in [0.25, 0.3) is 0 Å². The van der Waals surface area contributed by atoms with Gasteiger partial charge in [0.05, 0.1) is 6.04 Å². The Bertz CT molecular complexity index is 845. The smallest absolute Gasteiger partial charge is 0.229 e. The molecule has 6 nitrogen and oxygen atoms in total. The van der Waals surface area contributed by atoms with Crippen LogP contribution in [0.2, 0.25) is 0 Å². The third kappa shape index (κ3) is 4.80. The largest absolute Gasteiger partial charge is 0.360 e. The topological polar surface area (TPSA) is 74.2 Å². The highest BCUT2D eigenvalue weighted by Gasteiger charge is 2.24. The fraction of sp³-hybridized carbons (Fsp3) is 0.400. The van der Waals surface area contributed by atoms with Crippen molar-refractivity contribution in [2.75, 3.05) is 5.32 Å². The lowest BCUT2D eigenvalue weighted by Crippen LogP contribution is -2.44. The van der Waals surface area contributed by atoms with Gasteiger partial charge in [0.1, 0.15) is 0 Å². The fourth-order valence-electron chi connectivity index (χ4n) is 3.35. The average Bonchev–Trinajstić information content (AvgIpc) is 3.30. The van der Waals surface area contributed by atoms with Crippen LogP contribution in [0.25, 0.3) is 0 Å². The number of nitrogens with one attached hydrogen (secondary N) is 3. The van der Waals surface area contributed by atoms with Crippen LogP contribution in [0.1, 0.15) is 35.4 Å². The summed E-state index contributed by atoms with van der Waals surface area (Å²) in [6, 6.07) is 11.1. The molecule has 2 aliphatic rings. The lowest BCUT2D eigenvalue weighted by Gasteiger charge is -2.15. The molecule has 1 fully saturated rings. The van der Waals surface area contributed by atoms with E-state index in [2.05, 4.69) is 50.2 Å². The summed E-state index contributed by atoms with van der Waals surface area (Å²) in [5.41, 5.74) is 4.56. The van der Waals surface area contributed by atoms with E-state index in [4.69, 9.17) is 17.2 Å². The molecule has 2 aliphatic carbocycles. The van der Waals surface area contributed by atoms with E-state index < -0.39 is 0 Å². The molecule has 1 heterocycles. The van der Waals surface area contributed by atoms with Gasteiger partial charge in [0.15, 0.2) is 5.11 Å². The van der Waals surface area contributed by atoms with Crippen LogP contribution in [0.15, 0.2) is 35.3 Å². The summed E-state index contributed by atoms with van der Waals surface area (Å²) in [6.07, 6.45) is 4.19. The highest BCUT2D eigenvalue weighted by molar-refractivity contribution is 7.80. The molecule has 0 saturated heterocycles. The number of hydrogen-bond donors (Lipinski definition) is 3. The summed E-state index contributed by atoms with van der Waals surface area (Å²) in [6.45, 7) is 3.91. The second kappa shape index (κ2) is 7.60. The molecule has 0 bridgehead atoms. The minimum atomic E-state index is 0.173. The van der Waals surface area contributed by atoms with Crippen LogP contribution in [0.5, 0.6) is 0 Å². The zero-order valence-electron chi connectivity index (χ0n) is 15.6. The number of guanidine groups is 1. The number of rotatable bonds is 3. The van der Waals surface area contributed by atoms with Crippen molar-refractivity contribution in [2.24, 2.45) is 4.99 Å².